The summed E-state index contributed by atoms with van der Waals surface area (Å²) in [5, 5.41) is 16.8. The van der Waals surface area contributed by atoms with E-state index in [9.17, 15) is 19.7 Å². The van der Waals surface area contributed by atoms with Gasteiger partial charge < -0.3 is 19.5 Å². The molecule has 0 aliphatic heterocycles. The molecule has 0 spiro atoms. The molecule has 0 bridgehead atoms. The van der Waals surface area contributed by atoms with Gasteiger partial charge in [0.2, 0.25) is 5.75 Å². The van der Waals surface area contributed by atoms with Gasteiger partial charge in [-0.3, -0.25) is 19.7 Å². The highest BCUT2D eigenvalue weighted by atomic mass is 16.6. The van der Waals surface area contributed by atoms with E-state index in [2.05, 4.69) is 15.8 Å². The SMILES string of the molecule is COc1cc(/C=N/NC(=O)CNC(=O)c2ccc([N+](=O)[O-])cc2)cc(OC)c1OC. The van der Waals surface area contributed by atoms with E-state index in [1.54, 1.807) is 12.1 Å². The lowest BCUT2D eigenvalue weighted by atomic mass is 10.2. The zero-order chi connectivity index (χ0) is 22.1. The fourth-order valence-electron chi connectivity index (χ4n) is 2.39. The molecule has 2 N–H and O–H groups in total. The van der Waals surface area contributed by atoms with Crippen LogP contribution in [0, 0.1) is 10.1 Å². The van der Waals surface area contributed by atoms with E-state index in [0.717, 1.165) is 0 Å². The largest absolute Gasteiger partial charge is 0.493 e. The number of benzene rings is 2. The van der Waals surface area contributed by atoms with Crippen molar-refractivity contribution in [3.8, 4) is 17.2 Å². The summed E-state index contributed by atoms with van der Waals surface area (Å²) in [6, 6.07) is 8.30. The third-order valence-corrected chi connectivity index (χ3v) is 3.84. The van der Waals surface area contributed by atoms with Crippen molar-refractivity contribution in [2.24, 2.45) is 5.10 Å². The average Bonchev–Trinajstić information content (AvgIpc) is 2.76. The van der Waals surface area contributed by atoms with E-state index in [1.165, 1.54) is 51.8 Å². The second-order valence-electron chi connectivity index (χ2n) is 5.74. The number of carbonyl (C=O) groups excluding carboxylic acids is 2. The van der Waals surface area contributed by atoms with Crippen LogP contribution in [0.2, 0.25) is 0 Å². The highest BCUT2D eigenvalue weighted by Gasteiger charge is 2.13. The van der Waals surface area contributed by atoms with Crippen LogP contribution in [-0.2, 0) is 4.79 Å². The van der Waals surface area contributed by atoms with Crippen LogP contribution in [0.25, 0.3) is 0 Å². The summed E-state index contributed by atoms with van der Waals surface area (Å²) in [5.41, 5.74) is 2.92. The smallest absolute Gasteiger partial charge is 0.269 e. The lowest BCUT2D eigenvalue weighted by Gasteiger charge is -2.12. The zero-order valence-corrected chi connectivity index (χ0v) is 16.5. The summed E-state index contributed by atoms with van der Waals surface area (Å²) in [5.74, 6) is 0.178. The van der Waals surface area contributed by atoms with E-state index in [0.29, 0.717) is 22.8 Å². The molecule has 2 aromatic carbocycles. The summed E-state index contributed by atoms with van der Waals surface area (Å²) >= 11 is 0. The van der Waals surface area contributed by atoms with Crippen LogP contribution >= 0.6 is 0 Å². The number of non-ortho nitro benzene ring substituents is 1. The predicted octanol–water partition coefficient (Wildman–Crippen LogP) is 1.50. The van der Waals surface area contributed by atoms with Crippen molar-refractivity contribution >= 4 is 23.7 Å². The van der Waals surface area contributed by atoms with E-state index >= 15 is 0 Å². The van der Waals surface area contributed by atoms with E-state index in [1.807, 2.05) is 0 Å². The van der Waals surface area contributed by atoms with Crippen LogP contribution in [0.3, 0.4) is 0 Å². The highest BCUT2D eigenvalue weighted by Crippen LogP contribution is 2.37. The van der Waals surface area contributed by atoms with Gasteiger partial charge in [0.25, 0.3) is 17.5 Å². The molecule has 0 radical (unpaired) electrons. The van der Waals surface area contributed by atoms with Gasteiger partial charge in [0.1, 0.15) is 0 Å². The first-order chi connectivity index (χ1) is 14.4. The molecule has 2 rings (SSSR count). The van der Waals surface area contributed by atoms with Gasteiger partial charge in [0, 0.05) is 23.3 Å². The molecule has 0 fully saturated rings. The molecule has 0 atom stereocenters. The maximum absolute atomic E-state index is 12.0. The molecule has 11 heteroatoms. The summed E-state index contributed by atoms with van der Waals surface area (Å²) in [7, 11) is 4.44. The van der Waals surface area contributed by atoms with Gasteiger partial charge in [0.15, 0.2) is 11.5 Å². The van der Waals surface area contributed by atoms with Crippen LogP contribution in [0.15, 0.2) is 41.5 Å². The van der Waals surface area contributed by atoms with Crippen molar-refractivity contribution in [3.63, 3.8) is 0 Å². The Morgan fingerprint density at radius 1 is 1.07 bits per heavy atom. The van der Waals surface area contributed by atoms with E-state index in [4.69, 9.17) is 14.2 Å². The summed E-state index contributed by atoms with van der Waals surface area (Å²) < 4.78 is 15.7. The molecular weight excluding hydrogens is 396 g/mol. The number of hydrogen-bond acceptors (Lipinski definition) is 8. The van der Waals surface area contributed by atoms with E-state index < -0.39 is 16.7 Å². The molecule has 158 valence electrons. The molecule has 0 saturated heterocycles. The molecule has 0 heterocycles. The van der Waals surface area contributed by atoms with Gasteiger partial charge in [-0.25, -0.2) is 5.43 Å². The number of ether oxygens (including phenoxy) is 3. The minimum atomic E-state index is -0.568. The Bertz CT molecular complexity index is 933. The Morgan fingerprint density at radius 3 is 2.17 bits per heavy atom. The Labute approximate surface area is 171 Å². The number of nitrogens with zero attached hydrogens (tertiary/aromatic N) is 2. The van der Waals surface area contributed by atoms with Crippen molar-refractivity contribution < 1.29 is 28.7 Å². The molecule has 30 heavy (non-hydrogen) atoms. The lowest BCUT2D eigenvalue weighted by molar-refractivity contribution is -0.384. The first kappa shape index (κ1) is 22.1. The molecule has 0 unspecified atom stereocenters. The molecule has 11 nitrogen and oxygen atoms in total. The molecule has 0 aliphatic rings. The molecule has 2 amide bonds. The monoisotopic (exact) mass is 416 g/mol. The van der Waals surface area contributed by atoms with Crippen LogP contribution in [0.1, 0.15) is 15.9 Å². The number of nitro groups is 1. The van der Waals surface area contributed by atoms with Gasteiger partial charge in [-0.15, -0.1) is 0 Å². The van der Waals surface area contributed by atoms with Gasteiger partial charge in [-0.1, -0.05) is 0 Å². The van der Waals surface area contributed by atoms with Crippen molar-refractivity contribution in [1.82, 2.24) is 10.7 Å². The number of hydrazone groups is 1. The molecular formula is C19H20N4O7. The van der Waals surface area contributed by atoms with Crippen LogP contribution < -0.4 is 25.0 Å². The molecule has 0 aliphatic carbocycles. The average molecular weight is 416 g/mol. The second-order valence-corrected chi connectivity index (χ2v) is 5.74. The van der Waals surface area contributed by atoms with Crippen LogP contribution in [0.4, 0.5) is 5.69 Å². The number of amides is 2. The van der Waals surface area contributed by atoms with Gasteiger partial charge in [0.05, 0.1) is 39.0 Å². The van der Waals surface area contributed by atoms with E-state index in [-0.39, 0.29) is 17.8 Å². The minimum absolute atomic E-state index is 0.134. The maximum Gasteiger partial charge on any atom is 0.269 e. The normalized spacial score (nSPS) is 10.4. The fraction of sp³-hybridized carbons (Fsp3) is 0.211. The van der Waals surface area contributed by atoms with Crippen molar-refractivity contribution in [2.45, 2.75) is 0 Å². The number of carbonyl (C=O) groups is 2. The molecule has 0 aromatic heterocycles. The molecule has 2 aromatic rings. The fourth-order valence-corrected chi connectivity index (χ4v) is 2.39. The Kier molecular flexibility index (Phi) is 7.68. The Balaban J connectivity index is 1.92. The van der Waals surface area contributed by atoms with Crippen molar-refractivity contribution in [3.05, 3.63) is 57.6 Å². The van der Waals surface area contributed by atoms with Gasteiger partial charge in [-0.05, 0) is 24.3 Å². The third-order valence-electron chi connectivity index (χ3n) is 3.84. The predicted molar refractivity (Wildman–Crippen MR) is 107 cm³/mol. The second kappa shape index (κ2) is 10.4. The summed E-state index contributed by atoms with van der Waals surface area (Å²) in [4.78, 5) is 33.9. The van der Waals surface area contributed by atoms with Gasteiger partial charge in [-0.2, -0.15) is 5.10 Å². The first-order valence-corrected chi connectivity index (χ1v) is 8.54. The number of nitro benzene ring substituents is 1. The van der Waals surface area contributed by atoms with Crippen molar-refractivity contribution in [1.29, 1.82) is 0 Å². The number of hydrogen-bond donors (Lipinski definition) is 2. The standard InChI is InChI=1S/C19H20N4O7/c1-28-15-8-12(9-16(29-2)18(15)30-3)10-21-22-17(24)11-20-19(25)13-4-6-14(7-5-13)23(26)27/h4-10H,11H2,1-3H3,(H,20,25)(H,22,24)/b21-10+. The summed E-state index contributed by atoms with van der Waals surface area (Å²) in [6.07, 6.45) is 1.38. The van der Waals surface area contributed by atoms with Gasteiger partial charge >= 0.3 is 0 Å². The summed E-state index contributed by atoms with van der Waals surface area (Å²) in [6.45, 7) is -0.331. The lowest BCUT2D eigenvalue weighted by Crippen LogP contribution is -2.34. The quantitative estimate of drug-likeness (QED) is 0.358. The number of nitrogens with one attached hydrogen (secondary N) is 2. The van der Waals surface area contributed by atoms with Crippen molar-refractivity contribution in [2.75, 3.05) is 27.9 Å². The zero-order valence-electron chi connectivity index (χ0n) is 16.5. The molecule has 0 saturated carbocycles. The van der Waals surface area contributed by atoms with Crippen LogP contribution in [-0.4, -0.2) is 50.8 Å². The topological polar surface area (TPSA) is 141 Å². The maximum atomic E-state index is 12.0. The van der Waals surface area contributed by atoms with Crippen LogP contribution in [0.5, 0.6) is 17.2 Å². The third kappa shape index (κ3) is 5.67. The Morgan fingerprint density at radius 2 is 1.67 bits per heavy atom. The number of rotatable bonds is 9. The number of methoxy groups -OCH3 is 3. The minimum Gasteiger partial charge on any atom is -0.493 e. The Hall–Kier alpha value is -4.15. The first-order valence-electron chi connectivity index (χ1n) is 8.54. The highest BCUT2D eigenvalue weighted by molar-refractivity contribution is 5.96.